The van der Waals surface area contributed by atoms with Gasteiger partial charge in [-0.3, -0.25) is 19.9 Å². The van der Waals surface area contributed by atoms with Crippen molar-refractivity contribution < 1.29 is 19.2 Å². The Hall–Kier alpha value is -4.30. The number of para-hydroxylation sites is 1. The lowest BCUT2D eigenvalue weighted by molar-refractivity contribution is -0.384. The predicted molar refractivity (Wildman–Crippen MR) is 144 cm³/mol. The van der Waals surface area contributed by atoms with E-state index in [9.17, 15) is 19.7 Å². The lowest BCUT2D eigenvalue weighted by atomic mass is 9.84. The predicted octanol–water partition coefficient (Wildman–Crippen LogP) is 6.46. The first-order valence-corrected chi connectivity index (χ1v) is 12.6. The molecule has 192 valence electrons. The van der Waals surface area contributed by atoms with Gasteiger partial charge >= 0.3 is 5.97 Å². The zero-order valence-corrected chi connectivity index (χ0v) is 21.3. The molecule has 2 atom stereocenters. The van der Waals surface area contributed by atoms with Crippen LogP contribution >= 0.6 is 11.6 Å². The largest absolute Gasteiger partial charge is 0.444 e. The van der Waals surface area contributed by atoms with Crippen molar-refractivity contribution in [1.82, 2.24) is 4.98 Å². The lowest BCUT2D eigenvalue weighted by Crippen LogP contribution is -2.27. The first-order chi connectivity index (χ1) is 18.3. The highest BCUT2D eigenvalue weighted by atomic mass is 35.5. The Bertz CT molecular complexity index is 1560. The van der Waals surface area contributed by atoms with Gasteiger partial charge in [0.25, 0.3) is 11.6 Å². The van der Waals surface area contributed by atoms with Crippen LogP contribution in [0.15, 0.2) is 72.8 Å². The molecule has 8 nitrogen and oxygen atoms in total. The van der Waals surface area contributed by atoms with E-state index in [0.717, 1.165) is 30.2 Å². The number of carbonyl (C=O) groups is 2. The number of carbonyl (C=O) groups excluding carboxylic acids is 2. The SMILES string of the molecule is CC1CCc2nc3ccccc3c(C(=O)OC(C(=O)Nc3ccc([N+](=O)[O-])cc3Cl)c3ccccc3)c2C1. The summed E-state index contributed by atoms with van der Waals surface area (Å²) in [7, 11) is 0. The Kier molecular flexibility index (Phi) is 7.07. The molecule has 0 radical (unpaired) electrons. The Labute approximate surface area is 223 Å². The molecule has 1 aliphatic carbocycles. The number of esters is 1. The highest BCUT2D eigenvalue weighted by Crippen LogP contribution is 2.34. The monoisotopic (exact) mass is 529 g/mol. The highest BCUT2D eigenvalue weighted by Gasteiger charge is 2.31. The van der Waals surface area contributed by atoms with E-state index in [1.54, 1.807) is 30.3 Å². The van der Waals surface area contributed by atoms with Gasteiger partial charge in [0, 0.05) is 28.8 Å². The summed E-state index contributed by atoms with van der Waals surface area (Å²) in [4.78, 5) is 42.6. The zero-order valence-electron chi connectivity index (χ0n) is 20.5. The molecule has 1 aliphatic rings. The lowest BCUT2D eigenvalue weighted by Gasteiger charge is -2.25. The van der Waals surface area contributed by atoms with Crippen LogP contribution in [0, 0.1) is 16.0 Å². The number of nitro groups is 1. The minimum atomic E-state index is -1.29. The van der Waals surface area contributed by atoms with Gasteiger partial charge in [-0.25, -0.2) is 4.79 Å². The van der Waals surface area contributed by atoms with Gasteiger partial charge in [-0.1, -0.05) is 67.1 Å². The molecule has 9 heteroatoms. The Morgan fingerprint density at radius 3 is 2.58 bits per heavy atom. The van der Waals surface area contributed by atoms with E-state index in [4.69, 9.17) is 21.3 Å². The van der Waals surface area contributed by atoms with E-state index in [-0.39, 0.29) is 16.4 Å². The van der Waals surface area contributed by atoms with Crippen molar-refractivity contribution in [3.8, 4) is 0 Å². The molecule has 3 aromatic carbocycles. The van der Waals surface area contributed by atoms with Crippen molar-refractivity contribution >= 4 is 45.8 Å². The van der Waals surface area contributed by atoms with Crippen LogP contribution in [-0.4, -0.2) is 21.8 Å². The molecule has 0 spiro atoms. The summed E-state index contributed by atoms with van der Waals surface area (Å²) >= 11 is 6.19. The summed E-state index contributed by atoms with van der Waals surface area (Å²) in [5.74, 6) is -0.872. The van der Waals surface area contributed by atoms with Gasteiger partial charge in [-0.2, -0.15) is 0 Å². The van der Waals surface area contributed by atoms with Gasteiger partial charge < -0.3 is 10.1 Å². The third kappa shape index (κ3) is 5.08. The summed E-state index contributed by atoms with van der Waals surface area (Å²) in [5, 5.41) is 14.4. The first-order valence-electron chi connectivity index (χ1n) is 12.2. The van der Waals surface area contributed by atoms with E-state index in [2.05, 4.69) is 12.2 Å². The summed E-state index contributed by atoms with van der Waals surface area (Å²) in [6.07, 6.45) is 1.15. The van der Waals surface area contributed by atoms with Crippen LogP contribution in [0.2, 0.25) is 5.02 Å². The molecule has 38 heavy (non-hydrogen) atoms. The van der Waals surface area contributed by atoms with Crippen LogP contribution in [0.25, 0.3) is 10.9 Å². The molecule has 0 saturated heterocycles. The number of aryl methyl sites for hydroxylation is 1. The number of amides is 1. The number of aromatic nitrogens is 1. The fourth-order valence-electron chi connectivity index (χ4n) is 4.78. The van der Waals surface area contributed by atoms with E-state index < -0.39 is 22.9 Å². The van der Waals surface area contributed by atoms with Gasteiger partial charge in [-0.05, 0) is 42.9 Å². The molecular formula is C29H24ClN3O5. The third-order valence-electron chi connectivity index (χ3n) is 6.70. The quantitative estimate of drug-likeness (QED) is 0.174. The number of rotatable bonds is 6. The number of nitrogens with one attached hydrogen (secondary N) is 1. The third-order valence-corrected chi connectivity index (χ3v) is 7.01. The molecule has 1 N–H and O–H groups in total. The van der Waals surface area contributed by atoms with Crippen LogP contribution in [0.5, 0.6) is 0 Å². The maximum absolute atomic E-state index is 13.8. The molecule has 0 fully saturated rings. The number of halogens is 1. The summed E-state index contributed by atoms with van der Waals surface area (Å²) in [5.41, 5.74) is 3.30. The number of anilines is 1. The van der Waals surface area contributed by atoms with Crippen LogP contribution < -0.4 is 5.32 Å². The number of ether oxygens (including phenoxy) is 1. The summed E-state index contributed by atoms with van der Waals surface area (Å²) < 4.78 is 5.94. The van der Waals surface area contributed by atoms with Crippen molar-refractivity contribution in [3.05, 3.63) is 110 Å². The van der Waals surface area contributed by atoms with Crippen molar-refractivity contribution in [1.29, 1.82) is 0 Å². The molecule has 1 aromatic heterocycles. The second-order valence-electron chi connectivity index (χ2n) is 9.38. The van der Waals surface area contributed by atoms with Gasteiger partial charge in [0.2, 0.25) is 6.10 Å². The van der Waals surface area contributed by atoms with Crippen LogP contribution in [0.3, 0.4) is 0 Å². The standard InChI is InChI=1S/C29H24ClN3O5/c1-17-11-13-24-21(15-17)26(20-9-5-6-10-23(20)31-24)29(35)38-27(18-7-3-2-4-8-18)28(34)32-25-14-12-19(33(36)37)16-22(25)30/h2-10,12,14,16-17,27H,11,13,15H2,1H3,(H,32,34). The zero-order chi connectivity index (χ0) is 26.8. The molecule has 4 aromatic rings. The molecular weight excluding hydrogens is 506 g/mol. The average molecular weight is 530 g/mol. The molecule has 5 rings (SSSR count). The van der Waals surface area contributed by atoms with Crippen LogP contribution in [-0.2, 0) is 22.4 Å². The number of hydrogen-bond acceptors (Lipinski definition) is 6. The number of pyridine rings is 1. The van der Waals surface area contributed by atoms with Crippen LogP contribution in [0.4, 0.5) is 11.4 Å². The molecule has 0 saturated carbocycles. The highest BCUT2D eigenvalue weighted by molar-refractivity contribution is 6.34. The molecule has 1 amide bonds. The van der Waals surface area contributed by atoms with Gasteiger partial charge in [0.1, 0.15) is 0 Å². The van der Waals surface area contributed by atoms with Crippen molar-refractivity contribution in [2.45, 2.75) is 32.3 Å². The Morgan fingerprint density at radius 1 is 1.11 bits per heavy atom. The second-order valence-corrected chi connectivity index (χ2v) is 9.79. The maximum atomic E-state index is 13.8. The second kappa shape index (κ2) is 10.6. The van der Waals surface area contributed by atoms with Gasteiger partial charge in [0.05, 0.1) is 26.7 Å². The molecule has 0 bridgehead atoms. The van der Waals surface area contributed by atoms with Crippen molar-refractivity contribution in [2.75, 3.05) is 5.32 Å². The Balaban J connectivity index is 1.52. The van der Waals surface area contributed by atoms with Crippen LogP contribution in [0.1, 0.15) is 46.6 Å². The number of hydrogen-bond donors (Lipinski definition) is 1. The number of nitrogens with zero attached hydrogens (tertiary/aromatic N) is 2. The molecule has 2 unspecified atom stereocenters. The smallest absolute Gasteiger partial charge is 0.340 e. The summed E-state index contributed by atoms with van der Waals surface area (Å²) in [6, 6.07) is 19.8. The average Bonchev–Trinajstić information content (AvgIpc) is 2.91. The number of nitro benzene ring substituents is 1. The van der Waals surface area contributed by atoms with E-state index in [1.165, 1.54) is 12.1 Å². The Morgan fingerprint density at radius 2 is 1.84 bits per heavy atom. The number of benzene rings is 3. The summed E-state index contributed by atoms with van der Waals surface area (Å²) in [6.45, 7) is 2.14. The first kappa shape index (κ1) is 25.4. The molecule has 1 heterocycles. The topological polar surface area (TPSA) is 111 Å². The van der Waals surface area contributed by atoms with E-state index in [0.29, 0.717) is 34.4 Å². The van der Waals surface area contributed by atoms with E-state index in [1.807, 2.05) is 24.3 Å². The minimum Gasteiger partial charge on any atom is -0.444 e. The molecule has 0 aliphatic heterocycles. The number of fused-ring (bicyclic) bond motifs is 2. The maximum Gasteiger partial charge on any atom is 0.340 e. The number of non-ortho nitro benzene ring substituents is 1. The van der Waals surface area contributed by atoms with E-state index >= 15 is 0 Å². The van der Waals surface area contributed by atoms with Crippen molar-refractivity contribution in [2.24, 2.45) is 5.92 Å². The fraction of sp³-hybridized carbons (Fsp3) is 0.207. The van der Waals surface area contributed by atoms with Crippen molar-refractivity contribution in [3.63, 3.8) is 0 Å². The van der Waals surface area contributed by atoms with Gasteiger partial charge in [-0.15, -0.1) is 0 Å². The fourth-order valence-corrected chi connectivity index (χ4v) is 5.00. The van der Waals surface area contributed by atoms with Gasteiger partial charge in [0.15, 0.2) is 0 Å². The minimum absolute atomic E-state index is 0.00567. The normalized spacial score (nSPS) is 15.4.